The van der Waals surface area contributed by atoms with Crippen molar-refractivity contribution in [3.05, 3.63) is 23.8 Å². The van der Waals surface area contributed by atoms with E-state index in [1.165, 1.54) is 0 Å². The highest BCUT2D eigenvalue weighted by Gasteiger charge is 2.36. The smallest absolute Gasteiger partial charge is 0.122 e. The quantitative estimate of drug-likeness (QED) is 0.717. The Bertz CT molecular complexity index is 325. The van der Waals surface area contributed by atoms with Crippen molar-refractivity contribution in [2.45, 2.75) is 18.4 Å². The number of benzene rings is 1. The van der Waals surface area contributed by atoms with Gasteiger partial charge in [-0.2, -0.15) is 0 Å². The van der Waals surface area contributed by atoms with E-state index in [0.717, 1.165) is 12.0 Å². The van der Waals surface area contributed by atoms with Gasteiger partial charge in [-0.15, -0.1) is 0 Å². The summed E-state index contributed by atoms with van der Waals surface area (Å²) in [4.78, 5) is 0. The molecule has 1 fully saturated rings. The van der Waals surface area contributed by atoms with Crippen LogP contribution in [0.25, 0.3) is 0 Å². The summed E-state index contributed by atoms with van der Waals surface area (Å²) in [6.07, 6.45) is 0.972. The van der Waals surface area contributed by atoms with E-state index < -0.39 is 0 Å². The van der Waals surface area contributed by atoms with Gasteiger partial charge in [-0.05, 0) is 18.1 Å². The van der Waals surface area contributed by atoms with E-state index >= 15 is 0 Å². The summed E-state index contributed by atoms with van der Waals surface area (Å²) < 4.78 is 4.99. The molecule has 3 N–H and O–H groups in total. The minimum Gasteiger partial charge on any atom is -0.508 e. The molecule has 0 aliphatic heterocycles. The van der Waals surface area contributed by atoms with Crippen LogP contribution in [0.4, 0.5) is 0 Å². The normalized spacial score (nSPS) is 25.7. The van der Waals surface area contributed by atoms with E-state index in [2.05, 4.69) is 0 Å². The Hall–Kier alpha value is -1.22. The van der Waals surface area contributed by atoms with Crippen molar-refractivity contribution >= 4 is 0 Å². The van der Waals surface area contributed by atoms with Crippen LogP contribution in [0.1, 0.15) is 17.9 Å². The number of hydrogen-bond acceptors (Lipinski definition) is 3. The predicted octanol–water partition coefficient (Wildman–Crippen LogP) is 1.22. The molecule has 1 aromatic rings. The Kier molecular flexibility index (Phi) is 1.88. The van der Waals surface area contributed by atoms with Crippen molar-refractivity contribution in [1.82, 2.24) is 0 Å². The van der Waals surface area contributed by atoms with Crippen LogP contribution in [0.2, 0.25) is 0 Å². The average molecular weight is 179 g/mol. The van der Waals surface area contributed by atoms with Gasteiger partial charge in [0.25, 0.3) is 0 Å². The molecule has 3 nitrogen and oxygen atoms in total. The fourth-order valence-corrected chi connectivity index (χ4v) is 1.54. The number of rotatable bonds is 2. The van der Waals surface area contributed by atoms with Crippen LogP contribution >= 0.6 is 0 Å². The van der Waals surface area contributed by atoms with Gasteiger partial charge in [0, 0.05) is 18.0 Å². The van der Waals surface area contributed by atoms with E-state index in [0.29, 0.717) is 11.7 Å². The molecule has 1 aliphatic rings. The first-order chi connectivity index (χ1) is 6.22. The van der Waals surface area contributed by atoms with Crippen molar-refractivity contribution in [3.63, 3.8) is 0 Å². The van der Waals surface area contributed by atoms with Crippen molar-refractivity contribution in [2.24, 2.45) is 5.73 Å². The molecular weight excluding hydrogens is 166 g/mol. The van der Waals surface area contributed by atoms with Gasteiger partial charge in [-0.1, -0.05) is 6.07 Å². The van der Waals surface area contributed by atoms with E-state index in [4.69, 9.17) is 10.5 Å². The first kappa shape index (κ1) is 8.38. The molecule has 2 rings (SSSR count). The lowest BCUT2D eigenvalue weighted by molar-refractivity contribution is 0.406. The summed E-state index contributed by atoms with van der Waals surface area (Å²) in [6.45, 7) is 0. The van der Waals surface area contributed by atoms with Gasteiger partial charge in [0.05, 0.1) is 7.11 Å². The SMILES string of the molecule is COc1ccc([C@@H]2C[C@H]2N)c(O)c1. The highest BCUT2D eigenvalue weighted by atomic mass is 16.5. The minimum atomic E-state index is 0.222. The summed E-state index contributed by atoms with van der Waals surface area (Å²) in [5, 5.41) is 9.62. The van der Waals surface area contributed by atoms with Crippen LogP contribution in [-0.2, 0) is 0 Å². The van der Waals surface area contributed by atoms with E-state index in [-0.39, 0.29) is 11.8 Å². The molecule has 70 valence electrons. The molecule has 1 saturated carbocycles. The lowest BCUT2D eigenvalue weighted by Gasteiger charge is -2.05. The maximum absolute atomic E-state index is 9.62. The zero-order chi connectivity index (χ0) is 9.42. The van der Waals surface area contributed by atoms with Gasteiger partial charge < -0.3 is 15.6 Å². The molecule has 3 heteroatoms. The Morgan fingerprint density at radius 1 is 1.54 bits per heavy atom. The molecule has 13 heavy (non-hydrogen) atoms. The molecule has 0 radical (unpaired) electrons. The standard InChI is InChI=1S/C10H13NO2/c1-13-6-2-3-7(10(12)4-6)8-5-9(8)11/h2-4,8-9,12H,5,11H2,1H3/t8-,9+/m0/s1. The number of phenolic OH excluding ortho intramolecular Hbond substituents is 1. The van der Waals surface area contributed by atoms with E-state index in [1.54, 1.807) is 13.2 Å². The Labute approximate surface area is 77.1 Å². The van der Waals surface area contributed by atoms with Crippen LogP contribution in [0.5, 0.6) is 11.5 Å². The number of methoxy groups -OCH3 is 1. The first-order valence-electron chi connectivity index (χ1n) is 4.35. The molecule has 0 spiro atoms. The summed E-state index contributed by atoms with van der Waals surface area (Å²) in [5.74, 6) is 1.30. The molecule has 1 aliphatic carbocycles. The van der Waals surface area contributed by atoms with Gasteiger partial charge in [-0.25, -0.2) is 0 Å². The first-order valence-corrected chi connectivity index (χ1v) is 4.35. The molecule has 0 aromatic heterocycles. The average Bonchev–Trinajstić information content (AvgIpc) is 2.82. The summed E-state index contributed by atoms with van der Waals surface area (Å²) in [7, 11) is 1.58. The molecule has 0 amide bonds. The fraction of sp³-hybridized carbons (Fsp3) is 0.400. The molecular formula is C10H13NO2. The van der Waals surface area contributed by atoms with Crippen molar-refractivity contribution < 1.29 is 9.84 Å². The summed E-state index contributed by atoms with van der Waals surface area (Å²) in [6, 6.07) is 5.57. The van der Waals surface area contributed by atoms with Gasteiger partial charge >= 0.3 is 0 Å². The molecule has 0 heterocycles. The third-order valence-electron chi connectivity index (χ3n) is 2.48. The lowest BCUT2D eigenvalue weighted by atomic mass is 10.1. The van der Waals surface area contributed by atoms with Gasteiger partial charge in [0.1, 0.15) is 11.5 Å². The number of aromatic hydroxyl groups is 1. The second kappa shape index (κ2) is 2.92. The Balaban J connectivity index is 2.27. The van der Waals surface area contributed by atoms with Gasteiger partial charge in [0.2, 0.25) is 0 Å². The molecule has 0 saturated heterocycles. The zero-order valence-corrected chi connectivity index (χ0v) is 7.53. The second-order valence-electron chi connectivity index (χ2n) is 3.43. The van der Waals surface area contributed by atoms with Crippen LogP contribution in [0.15, 0.2) is 18.2 Å². The number of phenols is 1. The second-order valence-corrected chi connectivity index (χ2v) is 3.43. The largest absolute Gasteiger partial charge is 0.508 e. The van der Waals surface area contributed by atoms with Crippen LogP contribution in [0, 0.1) is 0 Å². The van der Waals surface area contributed by atoms with Crippen molar-refractivity contribution in [3.8, 4) is 11.5 Å². The van der Waals surface area contributed by atoms with Gasteiger partial charge in [0.15, 0.2) is 0 Å². The topological polar surface area (TPSA) is 55.5 Å². The highest BCUT2D eigenvalue weighted by Crippen LogP contribution is 2.43. The third kappa shape index (κ3) is 1.47. The number of nitrogens with two attached hydrogens (primary N) is 1. The van der Waals surface area contributed by atoms with Crippen LogP contribution in [0.3, 0.4) is 0 Å². The van der Waals surface area contributed by atoms with E-state index in [1.807, 2.05) is 12.1 Å². The number of hydrogen-bond donors (Lipinski definition) is 2. The molecule has 0 unspecified atom stereocenters. The number of ether oxygens (including phenoxy) is 1. The minimum absolute atomic E-state index is 0.222. The maximum atomic E-state index is 9.62. The molecule has 0 bridgehead atoms. The summed E-state index contributed by atoms with van der Waals surface area (Å²) >= 11 is 0. The molecule has 1 aromatic carbocycles. The van der Waals surface area contributed by atoms with Crippen LogP contribution in [-0.4, -0.2) is 18.3 Å². The van der Waals surface area contributed by atoms with Gasteiger partial charge in [-0.3, -0.25) is 0 Å². The Morgan fingerprint density at radius 3 is 2.69 bits per heavy atom. The zero-order valence-electron chi connectivity index (χ0n) is 7.53. The Morgan fingerprint density at radius 2 is 2.23 bits per heavy atom. The fourth-order valence-electron chi connectivity index (χ4n) is 1.54. The maximum Gasteiger partial charge on any atom is 0.122 e. The van der Waals surface area contributed by atoms with Crippen LogP contribution < -0.4 is 10.5 Å². The molecule has 2 atom stereocenters. The summed E-state index contributed by atoms with van der Waals surface area (Å²) in [5.41, 5.74) is 6.63. The highest BCUT2D eigenvalue weighted by molar-refractivity contribution is 5.44. The van der Waals surface area contributed by atoms with Crippen molar-refractivity contribution in [1.29, 1.82) is 0 Å². The van der Waals surface area contributed by atoms with Crippen molar-refractivity contribution in [2.75, 3.05) is 7.11 Å². The monoisotopic (exact) mass is 179 g/mol. The predicted molar refractivity (Wildman–Crippen MR) is 50.0 cm³/mol. The third-order valence-corrected chi connectivity index (χ3v) is 2.48. The lowest BCUT2D eigenvalue weighted by Crippen LogP contribution is -2.01. The van der Waals surface area contributed by atoms with E-state index in [9.17, 15) is 5.11 Å².